The Morgan fingerprint density at radius 2 is 1.83 bits per heavy atom. The number of ketones is 1. The summed E-state index contributed by atoms with van der Waals surface area (Å²) in [6, 6.07) is 0. The molecule has 1 amide bonds. The Balaban J connectivity index is 3.16. The number of aliphatic hydroxyl groups excluding tert-OH is 1. The van der Waals surface area contributed by atoms with E-state index in [1.807, 2.05) is 6.92 Å². The van der Waals surface area contributed by atoms with Crippen LogP contribution >= 0.6 is 0 Å². The van der Waals surface area contributed by atoms with E-state index in [0.717, 1.165) is 25.7 Å². The summed E-state index contributed by atoms with van der Waals surface area (Å²) in [4.78, 5) is 24.8. The summed E-state index contributed by atoms with van der Waals surface area (Å²) in [6.07, 6.45) is 3.63. The third kappa shape index (κ3) is 7.46. The SMILES string of the molecule is CCCCOC[C@H]1O[C@@H](N(/C=C\C(C)=O)C(C)=O)[C@@](O)(CCO)[C@@H]1OCCCC. The molecule has 4 atom stereocenters. The zero-order valence-electron chi connectivity index (χ0n) is 18.1. The summed E-state index contributed by atoms with van der Waals surface area (Å²) in [5, 5.41) is 21.1. The summed E-state index contributed by atoms with van der Waals surface area (Å²) in [5.74, 6) is -0.640. The number of rotatable bonds is 14. The minimum absolute atomic E-state index is 0.0440. The van der Waals surface area contributed by atoms with Crippen molar-refractivity contribution in [3.8, 4) is 0 Å². The van der Waals surface area contributed by atoms with Crippen LogP contribution in [-0.2, 0) is 23.8 Å². The van der Waals surface area contributed by atoms with Crippen LogP contribution in [-0.4, -0.2) is 77.3 Å². The quantitative estimate of drug-likeness (QED) is 0.329. The first-order chi connectivity index (χ1) is 13.8. The molecule has 0 spiro atoms. The van der Waals surface area contributed by atoms with Gasteiger partial charge in [0.25, 0.3) is 0 Å². The summed E-state index contributed by atoms with van der Waals surface area (Å²) in [6.45, 7) is 7.65. The highest BCUT2D eigenvalue weighted by Gasteiger charge is 2.58. The van der Waals surface area contributed by atoms with Gasteiger partial charge in [0, 0.05) is 39.4 Å². The molecule has 0 unspecified atom stereocenters. The lowest BCUT2D eigenvalue weighted by Crippen LogP contribution is -2.56. The molecular formula is C21H37NO7. The van der Waals surface area contributed by atoms with Gasteiger partial charge in [-0.15, -0.1) is 0 Å². The third-order valence-electron chi connectivity index (χ3n) is 4.88. The fourth-order valence-electron chi connectivity index (χ4n) is 3.28. The van der Waals surface area contributed by atoms with E-state index in [-0.39, 0.29) is 25.4 Å². The molecule has 0 aromatic rings. The van der Waals surface area contributed by atoms with Crippen molar-refractivity contribution >= 4 is 11.7 Å². The number of ether oxygens (including phenoxy) is 3. The molecule has 8 heteroatoms. The van der Waals surface area contributed by atoms with Crippen LogP contribution in [0, 0.1) is 0 Å². The van der Waals surface area contributed by atoms with Gasteiger partial charge < -0.3 is 24.4 Å². The van der Waals surface area contributed by atoms with E-state index in [0.29, 0.717) is 13.2 Å². The van der Waals surface area contributed by atoms with Crippen molar-refractivity contribution in [1.82, 2.24) is 4.90 Å². The van der Waals surface area contributed by atoms with E-state index in [9.17, 15) is 19.8 Å². The lowest BCUT2D eigenvalue weighted by Gasteiger charge is -2.37. The fraction of sp³-hybridized carbons (Fsp3) is 0.810. The van der Waals surface area contributed by atoms with Gasteiger partial charge in [-0.1, -0.05) is 26.7 Å². The average molecular weight is 416 g/mol. The molecule has 0 aromatic heterocycles. The van der Waals surface area contributed by atoms with Crippen LogP contribution in [0.25, 0.3) is 0 Å². The normalized spacial score (nSPS) is 26.9. The van der Waals surface area contributed by atoms with Crippen molar-refractivity contribution in [2.24, 2.45) is 0 Å². The van der Waals surface area contributed by atoms with Crippen LogP contribution in [0.2, 0.25) is 0 Å². The molecule has 0 saturated carbocycles. The highest BCUT2D eigenvalue weighted by atomic mass is 16.6. The number of amides is 1. The maximum atomic E-state index is 12.2. The summed E-state index contributed by atoms with van der Waals surface area (Å²) in [5.41, 5.74) is -1.64. The summed E-state index contributed by atoms with van der Waals surface area (Å²) >= 11 is 0. The minimum atomic E-state index is -1.64. The topological polar surface area (TPSA) is 106 Å². The Bertz CT molecular complexity index is 539. The van der Waals surface area contributed by atoms with Gasteiger partial charge in [0.2, 0.25) is 5.91 Å². The van der Waals surface area contributed by atoms with Gasteiger partial charge in [0.05, 0.1) is 6.61 Å². The first-order valence-electron chi connectivity index (χ1n) is 10.5. The van der Waals surface area contributed by atoms with Crippen LogP contribution in [0.4, 0.5) is 0 Å². The molecule has 2 N–H and O–H groups in total. The Kier molecular flexibility index (Phi) is 11.6. The van der Waals surface area contributed by atoms with E-state index < -0.39 is 29.9 Å². The minimum Gasteiger partial charge on any atom is -0.396 e. The van der Waals surface area contributed by atoms with Gasteiger partial charge >= 0.3 is 0 Å². The Morgan fingerprint density at radius 1 is 1.17 bits per heavy atom. The van der Waals surface area contributed by atoms with Gasteiger partial charge in [-0.2, -0.15) is 0 Å². The first kappa shape index (κ1) is 25.7. The van der Waals surface area contributed by atoms with Crippen molar-refractivity contribution in [1.29, 1.82) is 0 Å². The molecule has 1 rings (SSSR count). The van der Waals surface area contributed by atoms with Gasteiger partial charge in [0.1, 0.15) is 17.8 Å². The molecule has 1 heterocycles. The van der Waals surface area contributed by atoms with E-state index in [2.05, 4.69) is 6.92 Å². The van der Waals surface area contributed by atoms with Crippen LogP contribution < -0.4 is 0 Å². The molecule has 0 aliphatic carbocycles. The van der Waals surface area contributed by atoms with Crippen LogP contribution in [0.1, 0.15) is 59.8 Å². The van der Waals surface area contributed by atoms with Crippen molar-refractivity contribution < 1.29 is 34.0 Å². The zero-order chi connectivity index (χ0) is 21.9. The number of nitrogens with zero attached hydrogens (tertiary/aromatic N) is 1. The lowest BCUT2D eigenvalue weighted by molar-refractivity contribution is -0.163. The Morgan fingerprint density at radius 3 is 2.38 bits per heavy atom. The Labute approximate surface area is 173 Å². The number of aliphatic hydroxyl groups is 2. The molecule has 1 aliphatic heterocycles. The highest BCUT2D eigenvalue weighted by molar-refractivity contribution is 5.88. The number of hydrogen-bond acceptors (Lipinski definition) is 7. The number of carbonyl (C=O) groups is 2. The number of carbonyl (C=O) groups excluding carboxylic acids is 2. The molecule has 29 heavy (non-hydrogen) atoms. The molecule has 0 aromatic carbocycles. The van der Waals surface area contributed by atoms with Crippen LogP contribution in [0.5, 0.6) is 0 Å². The number of hydrogen-bond donors (Lipinski definition) is 2. The second-order valence-corrected chi connectivity index (χ2v) is 7.42. The largest absolute Gasteiger partial charge is 0.396 e. The highest BCUT2D eigenvalue weighted by Crippen LogP contribution is 2.38. The predicted molar refractivity (Wildman–Crippen MR) is 108 cm³/mol. The van der Waals surface area contributed by atoms with Crippen LogP contribution in [0.15, 0.2) is 12.3 Å². The van der Waals surface area contributed by atoms with Gasteiger partial charge in [-0.25, -0.2) is 0 Å². The summed E-state index contributed by atoms with van der Waals surface area (Å²) in [7, 11) is 0. The maximum Gasteiger partial charge on any atom is 0.225 e. The zero-order valence-corrected chi connectivity index (χ0v) is 18.1. The van der Waals surface area contributed by atoms with Gasteiger partial charge in [-0.3, -0.25) is 14.5 Å². The smallest absolute Gasteiger partial charge is 0.225 e. The molecule has 8 nitrogen and oxygen atoms in total. The molecule has 1 aliphatic rings. The monoisotopic (exact) mass is 415 g/mol. The molecule has 168 valence electrons. The van der Waals surface area contributed by atoms with Crippen molar-refractivity contribution in [2.45, 2.75) is 83.8 Å². The molecule has 1 saturated heterocycles. The second kappa shape index (κ2) is 13.1. The molecule has 1 fully saturated rings. The van der Waals surface area contributed by atoms with E-state index in [1.165, 1.54) is 31.0 Å². The number of allylic oxidation sites excluding steroid dienone is 1. The van der Waals surface area contributed by atoms with Crippen molar-refractivity contribution in [2.75, 3.05) is 26.4 Å². The van der Waals surface area contributed by atoms with Crippen molar-refractivity contribution in [3.63, 3.8) is 0 Å². The lowest BCUT2D eigenvalue weighted by atomic mass is 9.90. The average Bonchev–Trinajstić information content (AvgIpc) is 2.91. The molecular weight excluding hydrogens is 378 g/mol. The standard InChI is InChI=1S/C21H37NO7/c1-5-7-13-27-15-18-19(28-14-8-6-2)21(26,10-12-23)20(29-18)22(17(4)25)11-9-16(3)24/h9,11,18-20,23,26H,5-8,10,12-15H2,1-4H3/b11-9-/t18-,19-,20-,21-/m1/s1. The Hall–Kier alpha value is -1.32. The summed E-state index contributed by atoms with van der Waals surface area (Å²) < 4.78 is 17.7. The van der Waals surface area contributed by atoms with E-state index in [4.69, 9.17) is 14.2 Å². The first-order valence-corrected chi connectivity index (χ1v) is 10.5. The van der Waals surface area contributed by atoms with E-state index in [1.54, 1.807) is 0 Å². The van der Waals surface area contributed by atoms with Gasteiger partial charge in [-0.05, 0) is 25.8 Å². The second-order valence-electron chi connectivity index (χ2n) is 7.42. The van der Waals surface area contributed by atoms with Crippen molar-refractivity contribution in [3.05, 3.63) is 12.3 Å². The number of unbranched alkanes of at least 4 members (excludes halogenated alkanes) is 2. The molecule has 0 radical (unpaired) electrons. The fourth-order valence-corrected chi connectivity index (χ4v) is 3.28. The molecule has 0 bridgehead atoms. The van der Waals surface area contributed by atoms with Gasteiger partial charge in [0.15, 0.2) is 12.0 Å². The third-order valence-corrected chi connectivity index (χ3v) is 4.88. The predicted octanol–water partition coefficient (Wildman–Crippen LogP) is 1.78. The van der Waals surface area contributed by atoms with Crippen LogP contribution in [0.3, 0.4) is 0 Å². The van der Waals surface area contributed by atoms with E-state index >= 15 is 0 Å². The maximum absolute atomic E-state index is 12.2.